The molecule has 70 valence electrons. The van der Waals surface area contributed by atoms with Crippen LogP contribution in [0.25, 0.3) is 0 Å². The standard InChI is InChI=1S/C9H8BrFO2/c10-8-3-6(11)1-2-7(8)9(12)4-13-5-9/h1-3,12H,4-5H2. The Hall–Kier alpha value is -0.450. The van der Waals surface area contributed by atoms with Gasteiger partial charge in [-0.15, -0.1) is 0 Å². The molecule has 4 heteroatoms. The first-order valence-corrected chi connectivity index (χ1v) is 4.67. The molecule has 1 aromatic rings. The van der Waals surface area contributed by atoms with Crippen LogP contribution in [0.15, 0.2) is 22.7 Å². The third-order valence-corrected chi connectivity index (χ3v) is 2.77. The van der Waals surface area contributed by atoms with E-state index in [-0.39, 0.29) is 19.0 Å². The van der Waals surface area contributed by atoms with Crippen molar-refractivity contribution in [3.8, 4) is 0 Å². The zero-order valence-corrected chi connectivity index (χ0v) is 8.34. The average molecular weight is 247 g/mol. The predicted octanol–water partition coefficient (Wildman–Crippen LogP) is 1.81. The van der Waals surface area contributed by atoms with Gasteiger partial charge in [0.1, 0.15) is 11.4 Å². The van der Waals surface area contributed by atoms with E-state index in [2.05, 4.69) is 15.9 Å². The van der Waals surface area contributed by atoms with E-state index in [1.165, 1.54) is 12.1 Å². The first-order chi connectivity index (χ1) is 6.12. The summed E-state index contributed by atoms with van der Waals surface area (Å²) in [5.41, 5.74) is -0.257. The van der Waals surface area contributed by atoms with Crippen molar-refractivity contribution in [1.29, 1.82) is 0 Å². The summed E-state index contributed by atoms with van der Waals surface area (Å²) in [4.78, 5) is 0. The van der Waals surface area contributed by atoms with Crippen LogP contribution in [0.3, 0.4) is 0 Å². The Bertz CT molecular complexity index is 336. The van der Waals surface area contributed by atoms with Crippen LogP contribution in [0.2, 0.25) is 0 Å². The van der Waals surface area contributed by atoms with E-state index in [9.17, 15) is 9.50 Å². The highest BCUT2D eigenvalue weighted by atomic mass is 79.9. The summed E-state index contributed by atoms with van der Waals surface area (Å²) >= 11 is 3.20. The summed E-state index contributed by atoms with van der Waals surface area (Å²) in [5.74, 6) is -0.320. The smallest absolute Gasteiger partial charge is 0.137 e. The molecule has 2 nitrogen and oxygen atoms in total. The Labute approximate surface area is 83.5 Å². The van der Waals surface area contributed by atoms with Crippen LogP contribution in [0.1, 0.15) is 5.56 Å². The summed E-state index contributed by atoms with van der Waals surface area (Å²) in [5, 5.41) is 9.88. The molecule has 13 heavy (non-hydrogen) atoms. The van der Waals surface area contributed by atoms with Crippen molar-refractivity contribution in [2.45, 2.75) is 5.60 Å². The number of rotatable bonds is 1. The fourth-order valence-corrected chi connectivity index (χ4v) is 2.04. The number of ether oxygens (including phenoxy) is 1. The largest absolute Gasteiger partial charge is 0.380 e. The van der Waals surface area contributed by atoms with Crippen LogP contribution in [0.5, 0.6) is 0 Å². The number of hydrogen-bond acceptors (Lipinski definition) is 2. The quantitative estimate of drug-likeness (QED) is 0.819. The summed E-state index contributed by atoms with van der Waals surface area (Å²) in [6, 6.07) is 4.24. The first kappa shape index (κ1) is 9.12. The van der Waals surface area contributed by atoms with E-state index in [1.807, 2.05) is 0 Å². The molecule has 0 aliphatic carbocycles. The summed E-state index contributed by atoms with van der Waals surface area (Å²) in [6.07, 6.45) is 0. The minimum absolute atomic E-state index is 0.275. The molecule has 1 aliphatic heterocycles. The number of halogens is 2. The van der Waals surface area contributed by atoms with Crippen LogP contribution in [-0.4, -0.2) is 18.3 Å². The van der Waals surface area contributed by atoms with Crippen LogP contribution in [-0.2, 0) is 10.3 Å². The lowest BCUT2D eigenvalue weighted by molar-refractivity contribution is -0.185. The molecule has 0 amide bonds. The van der Waals surface area contributed by atoms with E-state index < -0.39 is 5.60 Å². The van der Waals surface area contributed by atoms with Gasteiger partial charge in [-0.1, -0.05) is 22.0 Å². The van der Waals surface area contributed by atoms with Crippen molar-refractivity contribution in [1.82, 2.24) is 0 Å². The molecule has 0 unspecified atom stereocenters. The molecule has 1 aromatic carbocycles. The van der Waals surface area contributed by atoms with Crippen LogP contribution in [0, 0.1) is 5.82 Å². The molecule has 0 spiro atoms. The second kappa shape index (κ2) is 3.04. The van der Waals surface area contributed by atoms with Crippen LogP contribution < -0.4 is 0 Å². The molecule has 0 saturated carbocycles. The van der Waals surface area contributed by atoms with E-state index >= 15 is 0 Å². The highest BCUT2D eigenvalue weighted by Crippen LogP contribution is 2.34. The lowest BCUT2D eigenvalue weighted by Crippen LogP contribution is -2.46. The third-order valence-electron chi connectivity index (χ3n) is 2.11. The maximum Gasteiger partial charge on any atom is 0.137 e. The van der Waals surface area contributed by atoms with Crippen molar-refractivity contribution in [3.05, 3.63) is 34.1 Å². The normalized spacial score (nSPS) is 19.6. The van der Waals surface area contributed by atoms with Crippen molar-refractivity contribution in [3.63, 3.8) is 0 Å². The summed E-state index contributed by atoms with van der Waals surface area (Å²) in [6.45, 7) is 0.550. The SMILES string of the molecule is OC1(c2ccc(F)cc2Br)COC1. The first-order valence-electron chi connectivity index (χ1n) is 3.87. The molecule has 1 fully saturated rings. The molecular formula is C9H8BrFO2. The fourth-order valence-electron chi connectivity index (χ4n) is 1.32. The maximum atomic E-state index is 12.7. The van der Waals surface area contributed by atoms with Crippen molar-refractivity contribution in [2.24, 2.45) is 0 Å². The molecule has 2 rings (SSSR count). The lowest BCUT2D eigenvalue weighted by atomic mass is 9.92. The summed E-state index contributed by atoms with van der Waals surface area (Å²) < 4.78 is 18.2. The number of benzene rings is 1. The number of aliphatic hydroxyl groups is 1. The third kappa shape index (κ3) is 1.49. The Morgan fingerprint density at radius 1 is 1.46 bits per heavy atom. The van der Waals surface area contributed by atoms with Gasteiger partial charge in [0.15, 0.2) is 0 Å². The molecule has 1 N–H and O–H groups in total. The zero-order chi connectivity index (χ0) is 9.47. The predicted molar refractivity (Wildman–Crippen MR) is 48.8 cm³/mol. The second-order valence-electron chi connectivity index (χ2n) is 3.15. The van der Waals surface area contributed by atoms with Crippen molar-refractivity contribution >= 4 is 15.9 Å². The Balaban J connectivity index is 2.40. The van der Waals surface area contributed by atoms with Gasteiger partial charge in [0.2, 0.25) is 0 Å². The fraction of sp³-hybridized carbons (Fsp3) is 0.333. The van der Waals surface area contributed by atoms with Gasteiger partial charge in [0, 0.05) is 10.0 Å². The zero-order valence-electron chi connectivity index (χ0n) is 6.76. The molecule has 0 aromatic heterocycles. The van der Waals surface area contributed by atoms with E-state index in [0.717, 1.165) is 0 Å². The topological polar surface area (TPSA) is 29.5 Å². The van der Waals surface area contributed by atoms with Gasteiger partial charge in [-0.3, -0.25) is 0 Å². The molecule has 0 atom stereocenters. The summed E-state index contributed by atoms with van der Waals surface area (Å²) in [7, 11) is 0. The molecule has 0 bridgehead atoms. The van der Waals surface area contributed by atoms with Crippen LogP contribution >= 0.6 is 15.9 Å². The van der Waals surface area contributed by atoms with Gasteiger partial charge in [-0.05, 0) is 12.1 Å². The average Bonchev–Trinajstić information content (AvgIpc) is 2.00. The minimum Gasteiger partial charge on any atom is -0.380 e. The van der Waals surface area contributed by atoms with Gasteiger partial charge in [-0.25, -0.2) is 4.39 Å². The van der Waals surface area contributed by atoms with Crippen molar-refractivity contribution < 1.29 is 14.2 Å². The molecule has 0 radical (unpaired) electrons. The molecular weight excluding hydrogens is 239 g/mol. The van der Waals surface area contributed by atoms with Gasteiger partial charge >= 0.3 is 0 Å². The second-order valence-corrected chi connectivity index (χ2v) is 4.00. The van der Waals surface area contributed by atoms with Gasteiger partial charge in [-0.2, -0.15) is 0 Å². The Morgan fingerprint density at radius 2 is 2.15 bits per heavy atom. The maximum absolute atomic E-state index is 12.7. The van der Waals surface area contributed by atoms with Gasteiger partial charge in [0.05, 0.1) is 13.2 Å². The number of hydrogen-bond donors (Lipinski definition) is 1. The molecule has 1 saturated heterocycles. The van der Waals surface area contributed by atoms with Crippen LogP contribution in [0.4, 0.5) is 4.39 Å². The Morgan fingerprint density at radius 3 is 2.62 bits per heavy atom. The highest BCUT2D eigenvalue weighted by molar-refractivity contribution is 9.10. The van der Waals surface area contributed by atoms with E-state index in [4.69, 9.17) is 4.74 Å². The lowest BCUT2D eigenvalue weighted by Gasteiger charge is -2.37. The van der Waals surface area contributed by atoms with Crippen molar-refractivity contribution in [2.75, 3.05) is 13.2 Å². The molecule has 1 aliphatic rings. The monoisotopic (exact) mass is 246 g/mol. The molecule has 1 heterocycles. The highest BCUT2D eigenvalue weighted by Gasteiger charge is 2.39. The van der Waals surface area contributed by atoms with E-state index in [1.54, 1.807) is 6.07 Å². The Kier molecular flexibility index (Phi) is 2.14. The van der Waals surface area contributed by atoms with E-state index in [0.29, 0.717) is 10.0 Å². The minimum atomic E-state index is -0.938. The van der Waals surface area contributed by atoms with Gasteiger partial charge < -0.3 is 9.84 Å². The van der Waals surface area contributed by atoms with Gasteiger partial charge in [0.25, 0.3) is 0 Å².